The summed E-state index contributed by atoms with van der Waals surface area (Å²) in [5.74, 6) is -2.29. The predicted molar refractivity (Wildman–Crippen MR) is 72.2 cm³/mol. The number of carbonyl (C=O) groups is 1. The van der Waals surface area contributed by atoms with E-state index in [9.17, 15) is 18.7 Å². The number of anilines is 1. The van der Waals surface area contributed by atoms with Crippen LogP contribution in [0.1, 0.15) is 15.9 Å². The van der Waals surface area contributed by atoms with Crippen LogP contribution in [-0.4, -0.2) is 11.0 Å². The maximum absolute atomic E-state index is 13.6. The van der Waals surface area contributed by atoms with E-state index < -0.39 is 17.5 Å². The number of hydrogen-bond donors (Lipinski definition) is 2. The summed E-state index contributed by atoms with van der Waals surface area (Å²) in [6, 6.07) is 5.65. The van der Waals surface area contributed by atoms with Crippen LogP contribution >= 0.6 is 11.6 Å². The Morgan fingerprint density at radius 2 is 1.90 bits per heavy atom. The lowest BCUT2D eigenvalue weighted by molar-refractivity contribution is 0.102. The van der Waals surface area contributed by atoms with Gasteiger partial charge in [0.25, 0.3) is 5.91 Å². The van der Waals surface area contributed by atoms with Gasteiger partial charge in [-0.25, -0.2) is 8.78 Å². The van der Waals surface area contributed by atoms with Crippen LogP contribution in [0.3, 0.4) is 0 Å². The van der Waals surface area contributed by atoms with Crippen LogP contribution < -0.4 is 5.32 Å². The zero-order valence-electron chi connectivity index (χ0n) is 10.4. The number of rotatable bonds is 2. The highest BCUT2D eigenvalue weighted by Crippen LogP contribution is 2.24. The Labute approximate surface area is 118 Å². The van der Waals surface area contributed by atoms with Gasteiger partial charge in [0.15, 0.2) is 0 Å². The predicted octanol–water partition coefficient (Wildman–Crippen LogP) is 3.88. The van der Waals surface area contributed by atoms with E-state index in [0.29, 0.717) is 0 Å². The molecule has 0 bridgehead atoms. The number of phenols is 1. The zero-order valence-corrected chi connectivity index (χ0v) is 11.1. The summed E-state index contributed by atoms with van der Waals surface area (Å²) in [5, 5.41) is 11.6. The fraction of sp³-hybridized carbons (Fsp3) is 0.0714. The Morgan fingerprint density at radius 1 is 1.20 bits per heavy atom. The van der Waals surface area contributed by atoms with E-state index in [1.54, 1.807) is 0 Å². The Bertz CT molecular complexity index is 689. The fourth-order valence-corrected chi connectivity index (χ4v) is 1.82. The third-order valence-electron chi connectivity index (χ3n) is 2.69. The highest BCUT2D eigenvalue weighted by molar-refractivity contribution is 6.34. The molecule has 0 radical (unpaired) electrons. The largest absolute Gasteiger partial charge is 0.508 e. The molecule has 6 heteroatoms. The molecule has 0 spiro atoms. The van der Waals surface area contributed by atoms with E-state index in [4.69, 9.17) is 11.6 Å². The number of halogens is 3. The maximum atomic E-state index is 13.6. The van der Waals surface area contributed by atoms with Gasteiger partial charge in [0.2, 0.25) is 0 Å². The second-order valence-electron chi connectivity index (χ2n) is 4.20. The van der Waals surface area contributed by atoms with Crippen LogP contribution in [0.2, 0.25) is 5.02 Å². The Morgan fingerprint density at radius 3 is 2.60 bits per heavy atom. The number of hydrogen-bond acceptors (Lipinski definition) is 2. The topological polar surface area (TPSA) is 49.3 Å². The molecule has 2 rings (SSSR count). The van der Waals surface area contributed by atoms with Crippen molar-refractivity contribution in [2.24, 2.45) is 0 Å². The van der Waals surface area contributed by atoms with Crippen LogP contribution in [0.4, 0.5) is 14.5 Å². The van der Waals surface area contributed by atoms with Crippen molar-refractivity contribution in [1.82, 2.24) is 0 Å². The smallest absolute Gasteiger partial charge is 0.257 e. The molecule has 0 aliphatic heterocycles. The molecule has 2 aromatic rings. The Hall–Kier alpha value is -2.14. The molecule has 20 heavy (non-hydrogen) atoms. The first-order chi connectivity index (χ1) is 9.38. The van der Waals surface area contributed by atoms with E-state index in [-0.39, 0.29) is 27.6 Å². The van der Waals surface area contributed by atoms with Crippen LogP contribution in [0.15, 0.2) is 30.3 Å². The average Bonchev–Trinajstić information content (AvgIpc) is 2.38. The van der Waals surface area contributed by atoms with Gasteiger partial charge in [0, 0.05) is 6.07 Å². The van der Waals surface area contributed by atoms with Gasteiger partial charge in [-0.1, -0.05) is 11.6 Å². The minimum Gasteiger partial charge on any atom is -0.508 e. The van der Waals surface area contributed by atoms with Gasteiger partial charge in [0.1, 0.15) is 17.4 Å². The molecular weight excluding hydrogens is 288 g/mol. The SMILES string of the molecule is Cc1cc(F)c(NC(=O)c2cc(O)ccc2Cl)cc1F. The Balaban J connectivity index is 2.32. The standard InChI is InChI=1S/C14H10ClF2NO2/c1-7-4-12(17)13(6-11(7)16)18-14(20)9-5-8(19)2-3-10(9)15/h2-6,19H,1H3,(H,18,20). The van der Waals surface area contributed by atoms with Crippen molar-refractivity contribution in [2.75, 3.05) is 5.32 Å². The molecule has 0 saturated carbocycles. The number of benzene rings is 2. The van der Waals surface area contributed by atoms with Crippen LogP contribution in [-0.2, 0) is 0 Å². The van der Waals surface area contributed by atoms with Crippen LogP contribution in [0.5, 0.6) is 5.75 Å². The molecule has 0 saturated heterocycles. The number of amides is 1. The summed E-state index contributed by atoms with van der Waals surface area (Å²) in [5.41, 5.74) is -0.194. The summed E-state index contributed by atoms with van der Waals surface area (Å²) in [6.07, 6.45) is 0. The van der Waals surface area contributed by atoms with Crippen molar-refractivity contribution in [1.29, 1.82) is 0 Å². The van der Waals surface area contributed by atoms with Crippen molar-refractivity contribution in [3.8, 4) is 5.75 Å². The molecule has 2 N–H and O–H groups in total. The molecule has 0 fully saturated rings. The summed E-state index contributed by atoms with van der Waals surface area (Å²) in [4.78, 5) is 11.9. The van der Waals surface area contributed by atoms with Crippen LogP contribution in [0, 0.1) is 18.6 Å². The van der Waals surface area contributed by atoms with Crippen LogP contribution in [0.25, 0.3) is 0 Å². The second kappa shape index (κ2) is 5.46. The normalized spacial score (nSPS) is 10.4. The lowest BCUT2D eigenvalue weighted by atomic mass is 10.1. The van der Waals surface area contributed by atoms with Gasteiger partial charge < -0.3 is 10.4 Å². The van der Waals surface area contributed by atoms with Gasteiger partial charge >= 0.3 is 0 Å². The number of nitrogens with one attached hydrogen (secondary N) is 1. The van der Waals surface area contributed by atoms with Gasteiger partial charge in [-0.3, -0.25) is 4.79 Å². The minimum atomic E-state index is -0.756. The number of aromatic hydroxyl groups is 1. The van der Waals surface area contributed by atoms with E-state index in [2.05, 4.69) is 5.32 Å². The van der Waals surface area contributed by atoms with E-state index >= 15 is 0 Å². The fourth-order valence-electron chi connectivity index (χ4n) is 1.62. The van der Waals surface area contributed by atoms with Crippen molar-refractivity contribution in [3.05, 3.63) is 58.1 Å². The lowest BCUT2D eigenvalue weighted by Crippen LogP contribution is -2.14. The third kappa shape index (κ3) is 2.88. The van der Waals surface area contributed by atoms with Crippen molar-refractivity contribution >= 4 is 23.2 Å². The number of aryl methyl sites for hydroxylation is 1. The third-order valence-corrected chi connectivity index (χ3v) is 3.02. The first-order valence-corrected chi connectivity index (χ1v) is 6.02. The van der Waals surface area contributed by atoms with Gasteiger partial charge in [-0.05, 0) is 36.8 Å². The molecule has 0 unspecified atom stereocenters. The van der Waals surface area contributed by atoms with Crippen molar-refractivity contribution in [2.45, 2.75) is 6.92 Å². The number of carbonyl (C=O) groups excluding carboxylic acids is 1. The average molecular weight is 298 g/mol. The zero-order chi connectivity index (χ0) is 14.9. The second-order valence-corrected chi connectivity index (χ2v) is 4.61. The Kier molecular flexibility index (Phi) is 3.90. The first kappa shape index (κ1) is 14.3. The minimum absolute atomic E-state index is 0.0351. The molecular formula is C14H10ClF2NO2. The molecule has 0 atom stereocenters. The lowest BCUT2D eigenvalue weighted by Gasteiger charge is -2.09. The highest BCUT2D eigenvalue weighted by Gasteiger charge is 2.15. The summed E-state index contributed by atoms with van der Waals surface area (Å²) < 4.78 is 27.0. The molecule has 0 aromatic heterocycles. The molecule has 104 valence electrons. The molecule has 0 heterocycles. The van der Waals surface area contributed by atoms with E-state index in [1.807, 2.05) is 0 Å². The summed E-state index contributed by atoms with van der Waals surface area (Å²) in [7, 11) is 0. The molecule has 2 aromatic carbocycles. The summed E-state index contributed by atoms with van der Waals surface area (Å²) >= 11 is 5.81. The van der Waals surface area contributed by atoms with Gasteiger partial charge in [-0.15, -0.1) is 0 Å². The monoisotopic (exact) mass is 297 g/mol. The van der Waals surface area contributed by atoms with Gasteiger partial charge in [-0.2, -0.15) is 0 Å². The molecule has 3 nitrogen and oxygen atoms in total. The molecule has 0 aliphatic carbocycles. The highest BCUT2D eigenvalue weighted by atomic mass is 35.5. The van der Waals surface area contributed by atoms with E-state index in [0.717, 1.165) is 18.2 Å². The summed E-state index contributed by atoms with van der Waals surface area (Å²) in [6.45, 7) is 1.41. The van der Waals surface area contributed by atoms with Crippen molar-refractivity contribution < 1.29 is 18.7 Å². The first-order valence-electron chi connectivity index (χ1n) is 5.64. The number of phenolic OH excluding ortho intramolecular Hbond substituents is 1. The van der Waals surface area contributed by atoms with Gasteiger partial charge in [0.05, 0.1) is 16.3 Å². The molecule has 0 aliphatic rings. The van der Waals surface area contributed by atoms with E-state index in [1.165, 1.54) is 19.1 Å². The molecule has 1 amide bonds. The van der Waals surface area contributed by atoms with Crippen molar-refractivity contribution in [3.63, 3.8) is 0 Å². The quantitative estimate of drug-likeness (QED) is 0.883. The maximum Gasteiger partial charge on any atom is 0.257 e.